The smallest absolute Gasteiger partial charge is 0.232 e. The Morgan fingerprint density at radius 2 is 1.49 bits per heavy atom. The van der Waals surface area contributed by atoms with Crippen molar-refractivity contribution in [2.45, 2.75) is 38.5 Å². The summed E-state index contributed by atoms with van der Waals surface area (Å²) in [5.74, 6) is 1.16. The molecule has 204 valence electrons. The Morgan fingerprint density at radius 3 is 2.13 bits per heavy atom. The lowest BCUT2D eigenvalue weighted by Gasteiger charge is -2.34. The van der Waals surface area contributed by atoms with Gasteiger partial charge in [-0.05, 0) is 38.5 Å². The van der Waals surface area contributed by atoms with E-state index in [4.69, 9.17) is 0 Å². The zero-order valence-corrected chi connectivity index (χ0v) is 22.0. The highest BCUT2D eigenvalue weighted by Gasteiger charge is 2.28. The van der Waals surface area contributed by atoms with E-state index in [-0.39, 0.29) is 5.82 Å². The molecule has 1 saturated heterocycles. The molecule has 0 radical (unpaired) electrons. The second-order valence-corrected chi connectivity index (χ2v) is 10.3. The third kappa shape index (κ3) is 6.26. The zero-order valence-electron chi connectivity index (χ0n) is 22.0. The van der Waals surface area contributed by atoms with E-state index in [1.807, 2.05) is 0 Å². The molecule has 4 aromatic rings. The van der Waals surface area contributed by atoms with Crippen LogP contribution in [0.3, 0.4) is 0 Å². The van der Waals surface area contributed by atoms with Crippen LogP contribution < -0.4 is 15.1 Å². The van der Waals surface area contributed by atoms with Crippen LogP contribution in [0, 0.1) is 5.82 Å². The Morgan fingerprint density at radius 1 is 0.846 bits per heavy atom. The van der Waals surface area contributed by atoms with Crippen LogP contribution in [0.25, 0.3) is 0 Å². The molecule has 1 aliphatic rings. The molecule has 4 heterocycles. The van der Waals surface area contributed by atoms with Gasteiger partial charge in [-0.1, -0.05) is 12.1 Å². The second-order valence-electron chi connectivity index (χ2n) is 10.3. The molecule has 3 N–H and O–H groups in total. The van der Waals surface area contributed by atoms with Crippen LogP contribution in [0.4, 0.5) is 27.9 Å². The average Bonchev–Trinajstić information content (AvgIpc) is 3.34. The lowest BCUT2D eigenvalue weighted by atomic mass is 9.90. The standard InChI is InChI=1S/C26H31FN10O2/c1-25(2,38)16-37-15-21(14-32-37)33-22-30-17-31-24(34-22)36-10-8-35(9-11-36)23-28-12-19(13-29-23)26(3,39)18-4-6-20(27)7-5-18/h4-7,12-15,17,38-39H,8-11,16H2,1-3H3,(H,30,31,33,34)/t26-/m1/s1. The quantitative estimate of drug-likeness (QED) is 0.306. The fourth-order valence-electron chi connectivity index (χ4n) is 4.32. The van der Waals surface area contributed by atoms with Gasteiger partial charge in [0.2, 0.25) is 17.8 Å². The molecule has 5 rings (SSSR count). The van der Waals surface area contributed by atoms with E-state index >= 15 is 0 Å². The van der Waals surface area contributed by atoms with Crippen molar-refractivity contribution in [1.82, 2.24) is 34.7 Å². The van der Waals surface area contributed by atoms with Gasteiger partial charge in [-0.2, -0.15) is 10.1 Å². The largest absolute Gasteiger partial charge is 0.389 e. The number of benzene rings is 1. The maximum Gasteiger partial charge on any atom is 0.232 e. The molecule has 12 nitrogen and oxygen atoms in total. The zero-order chi connectivity index (χ0) is 27.6. The van der Waals surface area contributed by atoms with E-state index in [1.54, 1.807) is 62.4 Å². The number of aromatic nitrogens is 7. The number of rotatable bonds is 8. The van der Waals surface area contributed by atoms with Crippen LogP contribution in [-0.4, -0.2) is 76.7 Å². The van der Waals surface area contributed by atoms with Crippen LogP contribution in [0.1, 0.15) is 31.9 Å². The first-order valence-corrected chi connectivity index (χ1v) is 12.6. The topological polar surface area (TPSA) is 141 Å². The van der Waals surface area contributed by atoms with Gasteiger partial charge in [0.05, 0.1) is 24.0 Å². The third-order valence-corrected chi connectivity index (χ3v) is 6.45. The molecule has 1 atom stereocenters. The molecular weight excluding hydrogens is 503 g/mol. The number of hydrogen-bond acceptors (Lipinski definition) is 11. The van der Waals surface area contributed by atoms with Gasteiger partial charge in [0.25, 0.3) is 0 Å². The van der Waals surface area contributed by atoms with Crippen molar-refractivity contribution in [3.8, 4) is 0 Å². The molecular formula is C26H31FN10O2. The normalized spacial score (nSPS) is 15.7. The Bertz CT molecular complexity index is 1400. The highest BCUT2D eigenvalue weighted by atomic mass is 19.1. The van der Waals surface area contributed by atoms with E-state index in [9.17, 15) is 14.6 Å². The van der Waals surface area contributed by atoms with E-state index in [0.717, 1.165) is 0 Å². The van der Waals surface area contributed by atoms with Crippen LogP contribution >= 0.6 is 0 Å². The van der Waals surface area contributed by atoms with Gasteiger partial charge >= 0.3 is 0 Å². The molecule has 1 aliphatic heterocycles. The number of halogens is 1. The summed E-state index contributed by atoms with van der Waals surface area (Å²) in [4.78, 5) is 26.2. The number of hydrogen-bond donors (Lipinski definition) is 3. The summed E-state index contributed by atoms with van der Waals surface area (Å²) in [7, 11) is 0. The minimum absolute atomic E-state index is 0.361. The highest BCUT2D eigenvalue weighted by molar-refractivity contribution is 5.52. The monoisotopic (exact) mass is 534 g/mol. The van der Waals surface area contributed by atoms with Crippen molar-refractivity contribution >= 4 is 23.5 Å². The minimum Gasteiger partial charge on any atom is -0.389 e. The van der Waals surface area contributed by atoms with Gasteiger partial charge in [0.15, 0.2) is 0 Å². The molecule has 39 heavy (non-hydrogen) atoms. The van der Waals surface area contributed by atoms with Crippen molar-refractivity contribution in [1.29, 1.82) is 0 Å². The maximum absolute atomic E-state index is 13.3. The van der Waals surface area contributed by atoms with Gasteiger partial charge in [-0.3, -0.25) is 4.68 Å². The maximum atomic E-state index is 13.3. The number of piperazine rings is 1. The van der Waals surface area contributed by atoms with E-state index in [1.165, 1.54) is 18.5 Å². The van der Waals surface area contributed by atoms with Crippen molar-refractivity contribution < 1.29 is 14.6 Å². The number of anilines is 4. The molecule has 13 heteroatoms. The molecule has 0 spiro atoms. The predicted octanol–water partition coefficient (Wildman–Crippen LogP) is 2.09. The fraction of sp³-hybridized carbons (Fsp3) is 0.385. The summed E-state index contributed by atoms with van der Waals surface area (Å²) in [6.45, 7) is 8.08. The van der Waals surface area contributed by atoms with E-state index in [0.29, 0.717) is 67.4 Å². The molecule has 0 saturated carbocycles. The van der Waals surface area contributed by atoms with E-state index in [2.05, 4.69) is 45.1 Å². The van der Waals surface area contributed by atoms with Gasteiger partial charge in [0.1, 0.15) is 17.7 Å². The first-order chi connectivity index (χ1) is 18.6. The predicted molar refractivity (Wildman–Crippen MR) is 143 cm³/mol. The Hall–Kier alpha value is -4.23. The summed E-state index contributed by atoms with van der Waals surface area (Å²) < 4.78 is 14.9. The lowest BCUT2D eigenvalue weighted by molar-refractivity contribution is 0.0577. The summed E-state index contributed by atoms with van der Waals surface area (Å²) in [6, 6.07) is 5.74. The fourth-order valence-corrected chi connectivity index (χ4v) is 4.32. The summed E-state index contributed by atoms with van der Waals surface area (Å²) in [5, 5.41) is 28.4. The number of nitrogens with zero attached hydrogens (tertiary/aromatic N) is 9. The van der Waals surface area contributed by atoms with Gasteiger partial charge in [-0.15, -0.1) is 0 Å². The molecule has 1 aromatic carbocycles. The highest BCUT2D eigenvalue weighted by Crippen LogP contribution is 2.29. The molecule has 0 unspecified atom stereocenters. The van der Waals surface area contributed by atoms with Crippen molar-refractivity contribution in [3.63, 3.8) is 0 Å². The van der Waals surface area contributed by atoms with Crippen LogP contribution in [0.5, 0.6) is 0 Å². The first kappa shape index (κ1) is 26.4. The Labute approximate surface area is 225 Å². The van der Waals surface area contributed by atoms with Crippen molar-refractivity contribution in [3.05, 3.63) is 72.3 Å². The van der Waals surface area contributed by atoms with Crippen molar-refractivity contribution in [2.75, 3.05) is 41.3 Å². The molecule has 0 aliphatic carbocycles. The molecule has 0 amide bonds. The molecule has 3 aromatic heterocycles. The lowest BCUT2D eigenvalue weighted by Crippen LogP contribution is -2.47. The van der Waals surface area contributed by atoms with Crippen LogP contribution in [0.15, 0.2) is 55.4 Å². The average molecular weight is 535 g/mol. The molecule has 0 bridgehead atoms. The van der Waals surface area contributed by atoms with Crippen LogP contribution in [-0.2, 0) is 12.1 Å². The van der Waals surface area contributed by atoms with E-state index < -0.39 is 11.2 Å². The van der Waals surface area contributed by atoms with Gasteiger partial charge in [-0.25, -0.2) is 24.3 Å². The Balaban J connectivity index is 1.19. The summed E-state index contributed by atoms with van der Waals surface area (Å²) in [5.41, 5.74) is -0.429. The van der Waals surface area contributed by atoms with Crippen LogP contribution in [0.2, 0.25) is 0 Å². The first-order valence-electron chi connectivity index (χ1n) is 12.6. The Kier molecular flexibility index (Phi) is 7.10. The third-order valence-electron chi connectivity index (χ3n) is 6.45. The number of nitrogens with one attached hydrogen (secondary N) is 1. The van der Waals surface area contributed by atoms with Gasteiger partial charge in [0, 0.05) is 50.3 Å². The van der Waals surface area contributed by atoms with Crippen molar-refractivity contribution in [2.24, 2.45) is 0 Å². The minimum atomic E-state index is -1.34. The summed E-state index contributed by atoms with van der Waals surface area (Å²) >= 11 is 0. The SMILES string of the molecule is CC(C)(O)Cn1cc(Nc2ncnc(N3CCN(c4ncc([C@](C)(O)c5ccc(F)cc5)cn4)CC3)n2)cn1. The molecule has 1 fully saturated rings. The van der Waals surface area contributed by atoms with Gasteiger partial charge < -0.3 is 25.3 Å². The number of aliphatic hydroxyl groups is 2. The second kappa shape index (κ2) is 10.5. The summed E-state index contributed by atoms with van der Waals surface area (Å²) in [6.07, 6.45) is 8.10.